The van der Waals surface area contributed by atoms with Crippen molar-refractivity contribution in [3.63, 3.8) is 0 Å². The molecule has 1 aromatic heterocycles. The number of piperazine rings is 1. The summed E-state index contributed by atoms with van der Waals surface area (Å²) in [6.07, 6.45) is 2.81. The molecule has 1 fully saturated rings. The molecule has 17 heavy (non-hydrogen) atoms. The van der Waals surface area contributed by atoms with E-state index in [0.29, 0.717) is 11.5 Å². The van der Waals surface area contributed by atoms with Crippen LogP contribution in [-0.2, 0) is 10.0 Å². The molecule has 1 saturated heterocycles. The van der Waals surface area contributed by atoms with Crippen molar-refractivity contribution in [2.45, 2.75) is 0 Å². The quantitative estimate of drug-likeness (QED) is 0.787. The summed E-state index contributed by atoms with van der Waals surface area (Å²) in [5, 5.41) is 3.24. The zero-order valence-corrected chi connectivity index (χ0v) is 10.5. The van der Waals surface area contributed by atoms with E-state index in [4.69, 9.17) is 0 Å². The minimum absolute atomic E-state index is 0.539. The second-order valence-electron chi connectivity index (χ2n) is 3.99. The van der Waals surface area contributed by atoms with Gasteiger partial charge in [0.2, 0.25) is 10.0 Å². The molecule has 0 unspecified atom stereocenters. The van der Waals surface area contributed by atoms with Gasteiger partial charge in [0.05, 0.1) is 11.9 Å². The van der Waals surface area contributed by atoms with Gasteiger partial charge in [0.1, 0.15) is 0 Å². The van der Waals surface area contributed by atoms with Crippen molar-refractivity contribution in [1.82, 2.24) is 10.3 Å². The molecule has 2 heterocycles. The molecule has 0 saturated carbocycles. The minimum Gasteiger partial charge on any atom is -0.352 e. The molecule has 6 nitrogen and oxygen atoms in total. The van der Waals surface area contributed by atoms with Crippen LogP contribution in [0.2, 0.25) is 0 Å². The van der Waals surface area contributed by atoms with Gasteiger partial charge in [-0.05, 0) is 12.1 Å². The Bertz CT molecular complexity index is 483. The summed E-state index contributed by atoms with van der Waals surface area (Å²) in [7, 11) is -3.27. The summed E-state index contributed by atoms with van der Waals surface area (Å²) in [5.74, 6) is 0.694. The van der Waals surface area contributed by atoms with Gasteiger partial charge in [0, 0.05) is 32.4 Å². The van der Waals surface area contributed by atoms with Crippen LogP contribution >= 0.6 is 0 Å². The molecule has 2 N–H and O–H groups in total. The number of anilines is 2. The third-order valence-corrected chi connectivity index (χ3v) is 3.09. The van der Waals surface area contributed by atoms with E-state index in [9.17, 15) is 8.42 Å². The average molecular weight is 256 g/mol. The van der Waals surface area contributed by atoms with Crippen molar-refractivity contribution in [2.75, 3.05) is 42.1 Å². The van der Waals surface area contributed by atoms with Gasteiger partial charge in [-0.1, -0.05) is 0 Å². The van der Waals surface area contributed by atoms with Crippen molar-refractivity contribution >= 4 is 21.5 Å². The summed E-state index contributed by atoms with van der Waals surface area (Å²) in [5.41, 5.74) is 0.539. The smallest absolute Gasteiger partial charge is 0.229 e. The molecule has 7 heteroatoms. The standard InChI is InChI=1S/C10H16N4O2S/c1-17(15,16)13-9-3-2-4-12-10(9)14-7-5-11-6-8-14/h2-4,11,13H,5-8H2,1H3. The molecule has 0 aromatic carbocycles. The van der Waals surface area contributed by atoms with Crippen LogP contribution in [0.25, 0.3) is 0 Å². The van der Waals surface area contributed by atoms with E-state index >= 15 is 0 Å². The van der Waals surface area contributed by atoms with Gasteiger partial charge in [0.15, 0.2) is 5.82 Å². The number of rotatable bonds is 3. The van der Waals surface area contributed by atoms with Crippen LogP contribution in [0.15, 0.2) is 18.3 Å². The lowest BCUT2D eigenvalue weighted by Gasteiger charge is -2.29. The summed E-state index contributed by atoms with van der Waals surface area (Å²) in [6, 6.07) is 3.45. The van der Waals surface area contributed by atoms with Crippen LogP contribution in [0.3, 0.4) is 0 Å². The topological polar surface area (TPSA) is 74.3 Å². The maximum Gasteiger partial charge on any atom is 0.229 e. The molecule has 0 radical (unpaired) electrons. The van der Waals surface area contributed by atoms with Crippen molar-refractivity contribution < 1.29 is 8.42 Å². The first-order valence-electron chi connectivity index (χ1n) is 5.45. The first-order chi connectivity index (χ1) is 8.06. The maximum atomic E-state index is 11.3. The highest BCUT2D eigenvalue weighted by atomic mass is 32.2. The minimum atomic E-state index is -3.27. The zero-order chi connectivity index (χ0) is 12.3. The van der Waals surface area contributed by atoms with Gasteiger partial charge in [-0.2, -0.15) is 0 Å². The summed E-state index contributed by atoms with van der Waals surface area (Å²) >= 11 is 0. The Balaban J connectivity index is 2.26. The Morgan fingerprint density at radius 3 is 2.76 bits per heavy atom. The van der Waals surface area contributed by atoms with Crippen LogP contribution in [-0.4, -0.2) is 45.8 Å². The average Bonchev–Trinajstić information content (AvgIpc) is 2.29. The second kappa shape index (κ2) is 4.89. The molecule has 1 aromatic rings. The molecule has 94 valence electrons. The van der Waals surface area contributed by atoms with E-state index in [2.05, 4.69) is 19.9 Å². The molecular weight excluding hydrogens is 240 g/mol. The number of nitrogens with zero attached hydrogens (tertiary/aromatic N) is 2. The predicted molar refractivity (Wildman–Crippen MR) is 67.8 cm³/mol. The first kappa shape index (κ1) is 12.1. The predicted octanol–water partition coefficient (Wildman–Crippen LogP) is -0.137. The van der Waals surface area contributed by atoms with Gasteiger partial charge in [0.25, 0.3) is 0 Å². The fourth-order valence-electron chi connectivity index (χ4n) is 1.81. The Morgan fingerprint density at radius 2 is 2.12 bits per heavy atom. The van der Waals surface area contributed by atoms with Gasteiger partial charge in [-0.25, -0.2) is 13.4 Å². The third kappa shape index (κ3) is 3.31. The van der Waals surface area contributed by atoms with E-state index < -0.39 is 10.0 Å². The lowest BCUT2D eigenvalue weighted by atomic mass is 10.3. The molecule has 0 atom stereocenters. The highest BCUT2D eigenvalue weighted by Crippen LogP contribution is 2.23. The molecule has 1 aliphatic rings. The van der Waals surface area contributed by atoms with Gasteiger partial charge < -0.3 is 10.2 Å². The van der Waals surface area contributed by atoms with Crippen molar-refractivity contribution in [3.05, 3.63) is 18.3 Å². The maximum absolute atomic E-state index is 11.3. The Morgan fingerprint density at radius 1 is 1.41 bits per heavy atom. The van der Waals surface area contributed by atoms with Crippen LogP contribution in [0.5, 0.6) is 0 Å². The van der Waals surface area contributed by atoms with E-state index in [-0.39, 0.29) is 0 Å². The molecule has 0 aliphatic carbocycles. The van der Waals surface area contributed by atoms with Gasteiger partial charge >= 0.3 is 0 Å². The number of aromatic nitrogens is 1. The SMILES string of the molecule is CS(=O)(=O)Nc1cccnc1N1CCNCC1. The lowest BCUT2D eigenvalue weighted by molar-refractivity contribution is 0.585. The van der Waals surface area contributed by atoms with Crippen molar-refractivity contribution in [3.8, 4) is 0 Å². The second-order valence-corrected chi connectivity index (χ2v) is 5.73. The zero-order valence-electron chi connectivity index (χ0n) is 9.68. The highest BCUT2D eigenvalue weighted by Gasteiger charge is 2.16. The van der Waals surface area contributed by atoms with Gasteiger partial charge in [-0.15, -0.1) is 0 Å². The van der Waals surface area contributed by atoms with Crippen LogP contribution in [0.1, 0.15) is 0 Å². The molecule has 2 rings (SSSR count). The molecule has 1 aliphatic heterocycles. The largest absolute Gasteiger partial charge is 0.352 e. The van der Waals surface area contributed by atoms with Crippen molar-refractivity contribution in [1.29, 1.82) is 0 Å². The Kier molecular flexibility index (Phi) is 3.49. The number of hydrogen-bond donors (Lipinski definition) is 2. The normalized spacial score (nSPS) is 16.9. The van der Waals surface area contributed by atoms with Crippen LogP contribution < -0.4 is 14.9 Å². The van der Waals surface area contributed by atoms with E-state index in [1.165, 1.54) is 0 Å². The fraction of sp³-hybridized carbons (Fsp3) is 0.500. The fourth-order valence-corrected chi connectivity index (χ4v) is 2.36. The highest BCUT2D eigenvalue weighted by molar-refractivity contribution is 7.92. The number of sulfonamides is 1. The summed E-state index contributed by atoms with van der Waals surface area (Å²) in [4.78, 5) is 6.33. The van der Waals surface area contributed by atoms with Crippen molar-refractivity contribution in [2.24, 2.45) is 0 Å². The van der Waals surface area contributed by atoms with E-state index in [1.807, 2.05) is 0 Å². The third-order valence-electron chi connectivity index (χ3n) is 2.50. The number of hydrogen-bond acceptors (Lipinski definition) is 5. The Labute approximate surface area is 101 Å². The Hall–Kier alpha value is -1.34. The number of nitrogens with one attached hydrogen (secondary N) is 2. The van der Waals surface area contributed by atoms with Gasteiger partial charge in [-0.3, -0.25) is 4.72 Å². The lowest BCUT2D eigenvalue weighted by Crippen LogP contribution is -2.44. The summed E-state index contributed by atoms with van der Waals surface area (Å²) < 4.78 is 25.0. The van der Waals surface area contributed by atoms with E-state index in [0.717, 1.165) is 32.4 Å². The molecule has 0 bridgehead atoms. The van der Waals surface area contributed by atoms with Crippen LogP contribution in [0, 0.1) is 0 Å². The number of pyridine rings is 1. The van der Waals surface area contributed by atoms with E-state index in [1.54, 1.807) is 18.3 Å². The summed E-state index contributed by atoms with van der Waals surface area (Å²) in [6.45, 7) is 3.43. The molecule has 0 spiro atoms. The molecule has 0 amide bonds. The first-order valence-corrected chi connectivity index (χ1v) is 7.34. The monoisotopic (exact) mass is 256 g/mol. The van der Waals surface area contributed by atoms with Crippen LogP contribution in [0.4, 0.5) is 11.5 Å². The molecular formula is C10H16N4O2S.